The van der Waals surface area contributed by atoms with E-state index in [9.17, 15) is 4.79 Å². The van der Waals surface area contributed by atoms with Crippen molar-refractivity contribution in [2.24, 2.45) is 0 Å². The van der Waals surface area contributed by atoms with E-state index in [0.29, 0.717) is 17.1 Å². The van der Waals surface area contributed by atoms with Crippen LogP contribution in [0, 0.1) is 0 Å². The van der Waals surface area contributed by atoms with Crippen molar-refractivity contribution in [3.8, 4) is 0 Å². The van der Waals surface area contributed by atoms with Crippen molar-refractivity contribution in [1.82, 2.24) is 9.80 Å². The van der Waals surface area contributed by atoms with Crippen molar-refractivity contribution >= 4 is 17.4 Å². The molecule has 0 radical (unpaired) electrons. The molecule has 3 nitrogen and oxygen atoms in total. The number of rotatable bonds is 5. The third-order valence-corrected chi connectivity index (χ3v) is 3.75. The number of carbonyl (C=O) groups is 1. The van der Waals surface area contributed by atoms with E-state index in [2.05, 4.69) is 16.7 Å². The molecule has 4 heteroatoms. The lowest BCUT2D eigenvalue weighted by atomic mass is 10.1. The van der Waals surface area contributed by atoms with E-state index in [1.807, 2.05) is 12.1 Å². The van der Waals surface area contributed by atoms with Crippen LogP contribution in [0.25, 0.3) is 0 Å². The van der Waals surface area contributed by atoms with Gasteiger partial charge < -0.3 is 4.90 Å². The Labute approximate surface area is 120 Å². The maximum atomic E-state index is 12.2. The van der Waals surface area contributed by atoms with E-state index in [1.165, 1.54) is 6.42 Å². The molecule has 1 saturated heterocycles. The molecule has 0 aliphatic carbocycles. The summed E-state index contributed by atoms with van der Waals surface area (Å²) in [5.41, 5.74) is 0.712. The standard InChI is InChI=1S/C15H21ClN2O/c1-2-6-17-7-9-18(10-8-17)12-15(19)13-4-3-5-14(16)11-13/h3-5,11H,2,6-10,12H2,1H3. The zero-order valence-electron chi connectivity index (χ0n) is 11.4. The summed E-state index contributed by atoms with van der Waals surface area (Å²) >= 11 is 5.91. The Morgan fingerprint density at radius 1 is 1.21 bits per heavy atom. The van der Waals surface area contributed by atoms with E-state index in [-0.39, 0.29) is 5.78 Å². The predicted octanol–water partition coefficient (Wildman–Crippen LogP) is 2.55. The van der Waals surface area contributed by atoms with E-state index in [0.717, 1.165) is 32.7 Å². The Balaban J connectivity index is 1.84. The van der Waals surface area contributed by atoms with Gasteiger partial charge in [0, 0.05) is 36.8 Å². The highest BCUT2D eigenvalue weighted by Crippen LogP contribution is 2.12. The van der Waals surface area contributed by atoms with Gasteiger partial charge in [0.25, 0.3) is 0 Å². The first-order chi connectivity index (χ1) is 9.19. The number of carbonyl (C=O) groups excluding carboxylic acids is 1. The van der Waals surface area contributed by atoms with Crippen LogP contribution < -0.4 is 0 Å². The first kappa shape index (κ1) is 14.5. The normalized spacial score (nSPS) is 17.6. The molecule has 0 saturated carbocycles. The smallest absolute Gasteiger partial charge is 0.176 e. The molecule has 1 aliphatic rings. The number of hydrogen-bond acceptors (Lipinski definition) is 3. The Kier molecular flexibility index (Phi) is 5.37. The highest BCUT2D eigenvalue weighted by Gasteiger charge is 2.18. The molecule has 19 heavy (non-hydrogen) atoms. The molecule has 104 valence electrons. The Bertz CT molecular complexity index is 428. The molecule has 0 aromatic heterocycles. The monoisotopic (exact) mass is 280 g/mol. The van der Waals surface area contributed by atoms with E-state index < -0.39 is 0 Å². The van der Waals surface area contributed by atoms with E-state index in [4.69, 9.17) is 11.6 Å². The van der Waals surface area contributed by atoms with Gasteiger partial charge >= 0.3 is 0 Å². The summed E-state index contributed by atoms with van der Waals surface area (Å²) in [6.07, 6.45) is 1.20. The minimum atomic E-state index is 0.159. The van der Waals surface area contributed by atoms with Gasteiger partial charge in [-0.3, -0.25) is 9.69 Å². The van der Waals surface area contributed by atoms with Crippen molar-refractivity contribution in [3.63, 3.8) is 0 Å². The van der Waals surface area contributed by atoms with Gasteiger partial charge in [-0.25, -0.2) is 0 Å². The quantitative estimate of drug-likeness (QED) is 0.775. The minimum absolute atomic E-state index is 0.159. The van der Waals surface area contributed by atoms with Crippen LogP contribution in [0.1, 0.15) is 23.7 Å². The number of piperazine rings is 1. The summed E-state index contributed by atoms with van der Waals surface area (Å²) in [7, 11) is 0. The van der Waals surface area contributed by atoms with Gasteiger partial charge in [-0.2, -0.15) is 0 Å². The summed E-state index contributed by atoms with van der Waals surface area (Å²) < 4.78 is 0. The second kappa shape index (κ2) is 7.04. The molecule has 1 heterocycles. The lowest BCUT2D eigenvalue weighted by Gasteiger charge is -2.34. The molecule has 0 amide bonds. The van der Waals surface area contributed by atoms with Crippen LogP contribution >= 0.6 is 11.6 Å². The lowest BCUT2D eigenvalue weighted by molar-refractivity contribution is 0.0853. The topological polar surface area (TPSA) is 23.6 Å². The molecule has 1 aromatic carbocycles. The highest BCUT2D eigenvalue weighted by molar-refractivity contribution is 6.31. The van der Waals surface area contributed by atoms with Gasteiger partial charge in [-0.1, -0.05) is 30.7 Å². The van der Waals surface area contributed by atoms with Crippen LogP contribution in [0.15, 0.2) is 24.3 Å². The van der Waals surface area contributed by atoms with Gasteiger partial charge in [-0.05, 0) is 25.1 Å². The van der Waals surface area contributed by atoms with Crippen molar-refractivity contribution in [3.05, 3.63) is 34.9 Å². The third-order valence-electron chi connectivity index (χ3n) is 3.52. The van der Waals surface area contributed by atoms with Gasteiger partial charge in [0.1, 0.15) is 0 Å². The number of hydrogen-bond donors (Lipinski definition) is 0. The molecule has 0 bridgehead atoms. The summed E-state index contributed by atoms with van der Waals surface area (Å²) in [5.74, 6) is 0.159. The maximum absolute atomic E-state index is 12.2. The van der Waals surface area contributed by atoms with Crippen LogP contribution in [0.5, 0.6) is 0 Å². The van der Waals surface area contributed by atoms with Gasteiger partial charge in [0.2, 0.25) is 0 Å². The van der Waals surface area contributed by atoms with Crippen molar-refractivity contribution in [1.29, 1.82) is 0 Å². The highest BCUT2D eigenvalue weighted by atomic mass is 35.5. The second-order valence-corrected chi connectivity index (χ2v) is 5.49. The van der Waals surface area contributed by atoms with Crippen molar-refractivity contribution in [2.45, 2.75) is 13.3 Å². The SMILES string of the molecule is CCCN1CCN(CC(=O)c2cccc(Cl)c2)CC1. The van der Waals surface area contributed by atoms with Crippen LogP contribution in [-0.4, -0.2) is 54.9 Å². The molecular formula is C15H21ClN2O. The predicted molar refractivity (Wildman–Crippen MR) is 79.0 cm³/mol. The fourth-order valence-electron chi connectivity index (χ4n) is 2.44. The zero-order chi connectivity index (χ0) is 13.7. The van der Waals surface area contributed by atoms with Gasteiger partial charge in [0.05, 0.1) is 6.54 Å². The molecule has 0 unspecified atom stereocenters. The molecule has 1 fully saturated rings. The summed E-state index contributed by atoms with van der Waals surface area (Å²) in [6, 6.07) is 7.20. The molecule has 0 spiro atoms. The first-order valence-corrected chi connectivity index (χ1v) is 7.30. The van der Waals surface area contributed by atoms with Crippen LogP contribution in [0.4, 0.5) is 0 Å². The molecule has 0 atom stereocenters. The van der Waals surface area contributed by atoms with Crippen LogP contribution in [0.2, 0.25) is 5.02 Å². The average Bonchev–Trinajstić information content (AvgIpc) is 2.41. The van der Waals surface area contributed by atoms with E-state index in [1.54, 1.807) is 12.1 Å². The molecule has 2 rings (SSSR count). The van der Waals surface area contributed by atoms with Crippen molar-refractivity contribution in [2.75, 3.05) is 39.3 Å². The first-order valence-electron chi connectivity index (χ1n) is 6.92. The average molecular weight is 281 g/mol. The summed E-state index contributed by atoms with van der Waals surface area (Å²) in [5, 5.41) is 0.624. The third kappa shape index (κ3) is 4.30. The van der Waals surface area contributed by atoms with Crippen LogP contribution in [-0.2, 0) is 0 Å². The number of benzene rings is 1. The Morgan fingerprint density at radius 2 is 1.89 bits per heavy atom. The zero-order valence-corrected chi connectivity index (χ0v) is 12.2. The maximum Gasteiger partial charge on any atom is 0.176 e. The summed E-state index contributed by atoms with van der Waals surface area (Å²) in [4.78, 5) is 16.8. The van der Waals surface area contributed by atoms with Gasteiger partial charge in [0.15, 0.2) is 5.78 Å². The molecular weight excluding hydrogens is 260 g/mol. The fourth-order valence-corrected chi connectivity index (χ4v) is 2.63. The van der Waals surface area contributed by atoms with Crippen LogP contribution in [0.3, 0.4) is 0 Å². The second-order valence-electron chi connectivity index (χ2n) is 5.05. The van der Waals surface area contributed by atoms with Crippen molar-refractivity contribution < 1.29 is 4.79 Å². The number of halogens is 1. The lowest BCUT2D eigenvalue weighted by Crippen LogP contribution is -2.47. The largest absolute Gasteiger partial charge is 0.301 e. The van der Waals surface area contributed by atoms with Gasteiger partial charge in [-0.15, -0.1) is 0 Å². The Morgan fingerprint density at radius 3 is 2.53 bits per heavy atom. The molecule has 1 aromatic rings. The summed E-state index contributed by atoms with van der Waals surface area (Å²) in [6.45, 7) is 7.96. The number of nitrogens with zero attached hydrogens (tertiary/aromatic N) is 2. The Hall–Kier alpha value is -0.900. The number of ketones is 1. The molecule has 1 aliphatic heterocycles. The van der Waals surface area contributed by atoms with E-state index >= 15 is 0 Å². The fraction of sp³-hybridized carbons (Fsp3) is 0.533. The number of Topliss-reactive ketones (excluding diaryl/α,β-unsaturated/α-hetero) is 1. The minimum Gasteiger partial charge on any atom is -0.301 e. The molecule has 0 N–H and O–H groups in total.